The van der Waals surface area contributed by atoms with Crippen molar-refractivity contribution in [3.63, 3.8) is 0 Å². The molecule has 1 unspecified atom stereocenters. The van der Waals surface area contributed by atoms with Gasteiger partial charge in [-0.25, -0.2) is 0 Å². The number of hydrogen-bond acceptors (Lipinski definition) is 3. The molecule has 1 aromatic carbocycles. The van der Waals surface area contributed by atoms with Gasteiger partial charge in [-0.1, -0.05) is 24.3 Å². The molecule has 0 saturated carbocycles. The number of benzene rings is 1. The number of rotatable bonds is 2. The number of aryl methyl sites for hydroxylation is 1. The lowest BCUT2D eigenvalue weighted by Gasteiger charge is -2.11. The molecule has 1 atom stereocenters. The fraction of sp³-hybridized carbons (Fsp3) is 0.133. The molecule has 3 aromatic rings. The molecule has 2 nitrogen and oxygen atoms in total. The first-order valence-electron chi connectivity index (χ1n) is 5.84. The smallest absolute Gasteiger partial charge is 0.115 e. The predicted molar refractivity (Wildman–Crippen MR) is 74.9 cm³/mol. The summed E-state index contributed by atoms with van der Waals surface area (Å²) in [6.45, 7) is 2.04. The molecule has 0 radical (unpaired) electrons. The summed E-state index contributed by atoms with van der Waals surface area (Å²) < 4.78 is 0. The highest BCUT2D eigenvalue weighted by Crippen LogP contribution is 2.31. The van der Waals surface area contributed by atoms with Gasteiger partial charge in [-0.2, -0.15) is 0 Å². The summed E-state index contributed by atoms with van der Waals surface area (Å²) in [5.41, 5.74) is 1.74. The summed E-state index contributed by atoms with van der Waals surface area (Å²) in [7, 11) is 0. The number of aliphatic hydroxyl groups is 1. The second-order valence-corrected chi connectivity index (χ2v) is 5.59. The number of aromatic nitrogens is 1. The van der Waals surface area contributed by atoms with Gasteiger partial charge in [0.25, 0.3) is 0 Å². The van der Waals surface area contributed by atoms with Crippen LogP contribution in [0.1, 0.15) is 21.4 Å². The van der Waals surface area contributed by atoms with Crippen molar-refractivity contribution in [2.75, 3.05) is 0 Å². The van der Waals surface area contributed by atoms with Crippen LogP contribution in [-0.2, 0) is 0 Å². The highest BCUT2D eigenvalue weighted by molar-refractivity contribution is 7.12. The number of para-hydroxylation sites is 1. The molecule has 0 aliphatic rings. The van der Waals surface area contributed by atoms with E-state index < -0.39 is 6.10 Å². The van der Waals surface area contributed by atoms with Crippen LogP contribution < -0.4 is 0 Å². The molecular formula is C15H13NOS. The van der Waals surface area contributed by atoms with Crippen molar-refractivity contribution in [3.8, 4) is 0 Å². The lowest BCUT2D eigenvalue weighted by Crippen LogP contribution is -1.99. The van der Waals surface area contributed by atoms with E-state index in [1.165, 1.54) is 4.88 Å². The quantitative estimate of drug-likeness (QED) is 0.757. The van der Waals surface area contributed by atoms with Gasteiger partial charge >= 0.3 is 0 Å². The Bertz CT molecular complexity index is 684. The van der Waals surface area contributed by atoms with E-state index in [2.05, 4.69) is 4.98 Å². The molecule has 0 spiro atoms. The summed E-state index contributed by atoms with van der Waals surface area (Å²) in [6, 6.07) is 13.8. The maximum Gasteiger partial charge on any atom is 0.115 e. The van der Waals surface area contributed by atoms with Gasteiger partial charge in [0, 0.05) is 26.9 Å². The normalized spacial score (nSPS) is 12.8. The van der Waals surface area contributed by atoms with Crippen LogP contribution in [0.4, 0.5) is 0 Å². The molecular weight excluding hydrogens is 242 g/mol. The number of hydrogen-bond donors (Lipinski definition) is 1. The van der Waals surface area contributed by atoms with Crippen molar-refractivity contribution in [1.82, 2.24) is 4.98 Å². The Morgan fingerprint density at radius 2 is 1.94 bits per heavy atom. The monoisotopic (exact) mass is 255 g/mol. The van der Waals surface area contributed by atoms with Crippen LogP contribution in [0.15, 0.2) is 48.7 Å². The molecule has 0 aliphatic heterocycles. The molecule has 0 amide bonds. The second-order valence-electron chi connectivity index (χ2n) is 4.27. The molecule has 90 valence electrons. The number of aliphatic hydroxyl groups excluding tert-OH is 1. The number of nitrogens with zero attached hydrogens (tertiary/aromatic N) is 1. The predicted octanol–water partition coefficient (Wildman–Crippen LogP) is 3.69. The number of thiophene rings is 1. The van der Waals surface area contributed by atoms with Crippen molar-refractivity contribution < 1.29 is 5.11 Å². The van der Waals surface area contributed by atoms with Crippen molar-refractivity contribution in [1.29, 1.82) is 0 Å². The third-order valence-corrected chi connectivity index (χ3v) is 4.04. The number of fused-ring (bicyclic) bond motifs is 1. The van der Waals surface area contributed by atoms with Gasteiger partial charge in [0.05, 0.1) is 5.52 Å². The summed E-state index contributed by atoms with van der Waals surface area (Å²) >= 11 is 1.62. The SMILES string of the molecule is Cc1ccc(C(O)c2cccc3cccnc23)s1. The van der Waals surface area contributed by atoms with E-state index in [4.69, 9.17) is 0 Å². The Labute approximate surface area is 110 Å². The summed E-state index contributed by atoms with van der Waals surface area (Å²) in [4.78, 5) is 6.55. The first-order chi connectivity index (χ1) is 8.75. The summed E-state index contributed by atoms with van der Waals surface area (Å²) in [5, 5.41) is 11.5. The maximum atomic E-state index is 10.5. The Kier molecular flexibility index (Phi) is 2.86. The highest BCUT2D eigenvalue weighted by atomic mass is 32.1. The third-order valence-electron chi connectivity index (χ3n) is 2.99. The van der Waals surface area contributed by atoms with E-state index in [1.807, 2.05) is 49.4 Å². The van der Waals surface area contributed by atoms with E-state index >= 15 is 0 Å². The van der Waals surface area contributed by atoms with E-state index in [-0.39, 0.29) is 0 Å². The Morgan fingerprint density at radius 1 is 1.11 bits per heavy atom. The van der Waals surface area contributed by atoms with Gasteiger partial charge < -0.3 is 5.11 Å². The highest BCUT2D eigenvalue weighted by Gasteiger charge is 2.15. The average molecular weight is 255 g/mol. The maximum absolute atomic E-state index is 10.5. The van der Waals surface area contributed by atoms with Gasteiger partial charge in [0.2, 0.25) is 0 Å². The first-order valence-corrected chi connectivity index (χ1v) is 6.65. The molecule has 18 heavy (non-hydrogen) atoms. The molecule has 2 heterocycles. The molecule has 0 aliphatic carbocycles. The minimum Gasteiger partial charge on any atom is -0.383 e. The Morgan fingerprint density at radius 3 is 2.72 bits per heavy atom. The lowest BCUT2D eigenvalue weighted by molar-refractivity contribution is 0.225. The Hall–Kier alpha value is -1.71. The largest absolute Gasteiger partial charge is 0.383 e. The van der Waals surface area contributed by atoms with Crippen molar-refractivity contribution >= 4 is 22.2 Å². The van der Waals surface area contributed by atoms with Crippen LogP contribution in [0.25, 0.3) is 10.9 Å². The van der Waals surface area contributed by atoms with Crippen molar-refractivity contribution in [2.24, 2.45) is 0 Å². The summed E-state index contributed by atoms with van der Waals surface area (Å²) in [6.07, 6.45) is 1.17. The van der Waals surface area contributed by atoms with Gasteiger partial charge in [-0.3, -0.25) is 4.98 Å². The molecule has 1 N–H and O–H groups in total. The van der Waals surface area contributed by atoms with Gasteiger partial charge in [0.1, 0.15) is 6.10 Å². The first kappa shape index (κ1) is 11.4. The van der Waals surface area contributed by atoms with Gasteiger partial charge in [-0.05, 0) is 25.1 Å². The topological polar surface area (TPSA) is 33.1 Å². The summed E-state index contributed by atoms with van der Waals surface area (Å²) in [5.74, 6) is 0. The zero-order valence-corrected chi connectivity index (χ0v) is 10.8. The standard InChI is InChI=1S/C15H13NOS/c1-10-7-8-13(18-10)15(17)12-6-2-4-11-5-3-9-16-14(11)12/h2-9,15,17H,1H3. The van der Waals surface area contributed by atoms with Crippen LogP contribution >= 0.6 is 11.3 Å². The molecule has 2 aromatic heterocycles. The molecule has 3 heteroatoms. The average Bonchev–Trinajstić information content (AvgIpc) is 2.84. The van der Waals surface area contributed by atoms with Crippen molar-refractivity contribution in [3.05, 3.63) is 64.0 Å². The van der Waals surface area contributed by atoms with E-state index in [1.54, 1.807) is 17.5 Å². The van der Waals surface area contributed by atoms with Crippen LogP contribution in [-0.4, -0.2) is 10.1 Å². The van der Waals surface area contributed by atoms with Crippen molar-refractivity contribution in [2.45, 2.75) is 13.0 Å². The third kappa shape index (κ3) is 1.92. The zero-order valence-electron chi connectivity index (χ0n) is 10.00. The lowest BCUT2D eigenvalue weighted by atomic mass is 10.0. The fourth-order valence-corrected chi connectivity index (χ4v) is 2.98. The van der Waals surface area contributed by atoms with E-state index in [0.717, 1.165) is 21.3 Å². The molecule has 0 fully saturated rings. The fourth-order valence-electron chi connectivity index (χ4n) is 2.10. The second kappa shape index (κ2) is 4.52. The Balaban J connectivity index is 2.14. The van der Waals surface area contributed by atoms with E-state index in [0.29, 0.717) is 0 Å². The zero-order chi connectivity index (χ0) is 12.5. The van der Waals surface area contributed by atoms with Crippen LogP contribution in [0.3, 0.4) is 0 Å². The van der Waals surface area contributed by atoms with E-state index in [9.17, 15) is 5.11 Å². The van der Waals surface area contributed by atoms with Crippen LogP contribution in [0.5, 0.6) is 0 Å². The number of pyridine rings is 1. The molecule has 0 saturated heterocycles. The molecule has 0 bridgehead atoms. The molecule has 3 rings (SSSR count). The van der Waals surface area contributed by atoms with Gasteiger partial charge in [-0.15, -0.1) is 11.3 Å². The minimum absolute atomic E-state index is 0.595. The van der Waals surface area contributed by atoms with Crippen LogP contribution in [0, 0.1) is 6.92 Å². The minimum atomic E-state index is -0.595. The van der Waals surface area contributed by atoms with Gasteiger partial charge in [0.15, 0.2) is 0 Å². The van der Waals surface area contributed by atoms with Crippen LogP contribution in [0.2, 0.25) is 0 Å².